The van der Waals surface area contributed by atoms with Crippen LogP contribution in [0.15, 0.2) is 41.2 Å². The van der Waals surface area contributed by atoms with Crippen LogP contribution in [-0.2, 0) is 9.47 Å². The molecule has 0 N–H and O–H groups in total. The molecule has 2 saturated heterocycles. The van der Waals surface area contributed by atoms with Gasteiger partial charge in [0.2, 0.25) is 0 Å². The number of fused-ring (bicyclic) bond motifs is 2. The Hall–Kier alpha value is -2.23. The molecule has 33 heavy (non-hydrogen) atoms. The van der Waals surface area contributed by atoms with E-state index in [0.29, 0.717) is 13.2 Å². The lowest BCUT2D eigenvalue weighted by Gasteiger charge is -2.26. The van der Waals surface area contributed by atoms with Crippen LogP contribution < -0.4 is 14.9 Å². The highest BCUT2D eigenvalue weighted by molar-refractivity contribution is 7.24. The van der Waals surface area contributed by atoms with E-state index in [2.05, 4.69) is 9.80 Å². The zero-order chi connectivity index (χ0) is 22.5. The van der Waals surface area contributed by atoms with Crippen LogP contribution in [0.25, 0.3) is 20.2 Å². The van der Waals surface area contributed by atoms with Crippen LogP contribution in [0.3, 0.4) is 0 Å². The van der Waals surface area contributed by atoms with Gasteiger partial charge in [-0.05, 0) is 36.4 Å². The van der Waals surface area contributed by atoms with Gasteiger partial charge in [-0.2, -0.15) is 0 Å². The Kier molecular flexibility index (Phi) is 7.38. The number of rotatable bonds is 8. The molecular weight excluding hydrogens is 440 g/mol. The zero-order valence-corrected chi connectivity index (χ0v) is 19.6. The minimum atomic E-state index is 0.0542. The summed E-state index contributed by atoms with van der Waals surface area (Å²) in [6.07, 6.45) is 0. The summed E-state index contributed by atoms with van der Waals surface area (Å²) in [7, 11) is 0. The molecule has 0 amide bonds. The standard InChI is InChI=1S/C25H30N2O5S/c28-25-21-3-1-19(31-15-9-26-5-11-29-12-6-26)17-23(21)33-24-18-20(2-4-22(24)25)32-16-10-27-7-13-30-14-8-27/h1-4,17-18H,5-16H2. The smallest absolute Gasteiger partial charge is 0.195 e. The van der Waals surface area contributed by atoms with Crippen LogP contribution in [-0.4, -0.2) is 88.7 Å². The van der Waals surface area contributed by atoms with Crippen molar-refractivity contribution in [1.82, 2.24) is 9.80 Å². The van der Waals surface area contributed by atoms with Gasteiger partial charge in [-0.1, -0.05) is 0 Å². The topological polar surface area (TPSA) is 60.5 Å². The minimum absolute atomic E-state index is 0.0542. The SMILES string of the molecule is O=c1c2ccc(OCCN3CCOCC3)cc2sc2cc(OCCN3CCOCC3)ccc12. The number of ether oxygens (including phenoxy) is 4. The molecule has 0 saturated carbocycles. The molecule has 0 unspecified atom stereocenters. The summed E-state index contributed by atoms with van der Waals surface area (Å²) >= 11 is 1.60. The van der Waals surface area contributed by atoms with Crippen LogP contribution in [0.5, 0.6) is 11.5 Å². The Morgan fingerprint density at radius 1 is 0.727 bits per heavy atom. The maximum absolute atomic E-state index is 13.0. The lowest BCUT2D eigenvalue weighted by atomic mass is 10.2. The van der Waals surface area contributed by atoms with Gasteiger partial charge >= 0.3 is 0 Å². The second-order valence-electron chi connectivity index (χ2n) is 8.35. The second-order valence-corrected chi connectivity index (χ2v) is 9.44. The Bertz CT molecular complexity index is 1050. The molecule has 0 bridgehead atoms. The molecule has 0 spiro atoms. The van der Waals surface area contributed by atoms with Gasteiger partial charge in [0.25, 0.3) is 0 Å². The molecule has 0 radical (unpaired) electrons. The Balaban J connectivity index is 1.26. The van der Waals surface area contributed by atoms with Crippen LogP contribution in [0.4, 0.5) is 0 Å². The van der Waals surface area contributed by atoms with Crippen molar-refractivity contribution in [1.29, 1.82) is 0 Å². The van der Waals surface area contributed by atoms with Crippen molar-refractivity contribution in [2.45, 2.75) is 0 Å². The first-order chi connectivity index (χ1) is 16.3. The average molecular weight is 471 g/mol. The van der Waals surface area contributed by atoms with Crippen LogP contribution in [0.2, 0.25) is 0 Å². The predicted molar refractivity (Wildman–Crippen MR) is 131 cm³/mol. The summed E-state index contributed by atoms with van der Waals surface area (Å²) in [4.78, 5) is 17.7. The predicted octanol–water partition coefficient (Wildman–Crippen LogP) is 2.84. The average Bonchev–Trinajstić information content (AvgIpc) is 2.85. The van der Waals surface area contributed by atoms with E-state index in [4.69, 9.17) is 18.9 Å². The van der Waals surface area contributed by atoms with E-state index in [1.54, 1.807) is 11.3 Å². The fourth-order valence-electron chi connectivity index (χ4n) is 4.23. The lowest BCUT2D eigenvalue weighted by Crippen LogP contribution is -2.38. The van der Waals surface area contributed by atoms with Gasteiger partial charge in [0.15, 0.2) is 5.43 Å². The summed E-state index contributed by atoms with van der Waals surface area (Å²) < 4.78 is 24.6. The molecule has 2 aliphatic rings. The third kappa shape index (κ3) is 5.65. The van der Waals surface area contributed by atoms with Crippen LogP contribution in [0.1, 0.15) is 0 Å². The number of hydrogen-bond acceptors (Lipinski definition) is 8. The molecule has 176 valence electrons. The maximum atomic E-state index is 13.0. The number of benzene rings is 2. The van der Waals surface area contributed by atoms with E-state index < -0.39 is 0 Å². The Labute approximate surface area is 197 Å². The second kappa shape index (κ2) is 10.8. The van der Waals surface area contributed by atoms with E-state index in [9.17, 15) is 4.79 Å². The number of nitrogens with zero attached hydrogens (tertiary/aromatic N) is 2. The van der Waals surface area contributed by atoms with Crippen molar-refractivity contribution in [2.24, 2.45) is 0 Å². The monoisotopic (exact) mass is 470 g/mol. The van der Waals surface area contributed by atoms with Gasteiger partial charge in [0, 0.05) is 59.4 Å². The van der Waals surface area contributed by atoms with E-state index in [1.807, 2.05) is 36.4 Å². The highest BCUT2D eigenvalue weighted by Crippen LogP contribution is 2.30. The largest absolute Gasteiger partial charge is 0.492 e. The highest BCUT2D eigenvalue weighted by Gasteiger charge is 2.12. The van der Waals surface area contributed by atoms with Crippen molar-refractivity contribution < 1.29 is 18.9 Å². The summed E-state index contributed by atoms with van der Waals surface area (Å²) in [5.41, 5.74) is 0.0542. The van der Waals surface area contributed by atoms with Crippen molar-refractivity contribution in [3.05, 3.63) is 46.6 Å². The lowest BCUT2D eigenvalue weighted by molar-refractivity contribution is 0.0322. The van der Waals surface area contributed by atoms with E-state index in [-0.39, 0.29) is 5.43 Å². The van der Waals surface area contributed by atoms with Crippen molar-refractivity contribution in [3.8, 4) is 11.5 Å². The molecule has 2 aliphatic heterocycles. The third-order valence-electron chi connectivity index (χ3n) is 6.18. The van der Waals surface area contributed by atoms with Crippen LogP contribution >= 0.6 is 11.3 Å². The van der Waals surface area contributed by atoms with Crippen molar-refractivity contribution in [2.75, 3.05) is 78.9 Å². The molecule has 7 nitrogen and oxygen atoms in total. The maximum Gasteiger partial charge on any atom is 0.195 e. The summed E-state index contributed by atoms with van der Waals surface area (Å²) in [5.74, 6) is 1.59. The molecule has 2 fully saturated rings. The summed E-state index contributed by atoms with van der Waals surface area (Å²) in [6.45, 7) is 9.94. The summed E-state index contributed by atoms with van der Waals surface area (Å²) in [5, 5.41) is 1.46. The van der Waals surface area contributed by atoms with Gasteiger partial charge in [-0.3, -0.25) is 14.6 Å². The Morgan fingerprint density at radius 2 is 1.18 bits per heavy atom. The number of morpholine rings is 2. The summed E-state index contributed by atoms with van der Waals surface area (Å²) in [6, 6.07) is 11.5. The van der Waals surface area contributed by atoms with Crippen molar-refractivity contribution >= 4 is 31.5 Å². The molecule has 0 aliphatic carbocycles. The fourth-order valence-corrected chi connectivity index (χ4v) is 5.36. The molecule has 5 rings (SSSR count). The molecule has 2 aromatic carbocycles. The molecule has 8 heteroatoms. The normalized spacial score (nSPS) is 18.1. The van der Waals surface area contributed by atoms with Crippen molar-refractivity contribution in [3.63, 3.8) is 0 Å². The van der Waals surface area contributed by atoms with Gasteiger partial charge in [-0.25, -0.2) is 0 Å². The van der Waals surface area contributed by atoms with Crippen LogP contribution in [0, 0.1) is 0 Å². The molecule has 0 atom stereocenters. The molecular formula is C25H30N2O5S. The highest BCUT2D eigenvalue weighted by atomic mass is 32.1. The first-order valence-electron chi connectivity index (χ1n) is 11.6. The van der Waals surface area contributed by atoms with Gasteiger partial charge in [-0.15, -0.1) is 11.3 Å². The van der Waals surface area contributed by atoms with Gasteiger partial charge < -0.3 is 18.9 Å². The third-order valence-corrected chi connectivity index (χ3v) is 7.29. The minimum Gasteiger partial charge on any atom is -0.492 e. The zero-order valence-electron chi connectivity index (χ0n) is 18.8. The van der Waals surface area contributed by atoms with Gasteiger partial charge in [0.05, 0.1) is 26.4 Å². The first kappa shape index (κ1) is 22.6. The fraction of sp³-hybridized carbons (Fsp3) is 0.480. The van der Waals surface area contributed by atoms with E-state index in [1.165, 1.54) is 0 Å². The first-order valence-corrected chi connectivity index (χ1v) is 12.4. The quantitative estimate of drug-likeness (QED) is 0.469. The number of hydrogen-bond donors (Lipinski definition) is 0. The Morgan fingerprint density at radius 3 is 1.64 bits per heavy atom. The van der Waals surface area contributed by atoms with E-state index in [0.717, 1.165) is 97.4 Å². The molecule has 3 heterocycles. The van der Waals surface area contributed by atoms with Gasteiger partial charge in [0.1, 0.15) is 24.7 Å². The molecule has 3 aromatic rings. The molecule has 1 aromatic heterocycles. The van der Waals surface area contributed by atoms with E-state index >= 15 is 0 Å².